The fourth-order valence-corrected chi connectivity index (χ4v) is 0.829. The Hall–Kier alpha value is -1.50. The summed E-state index contributed by atoms with van der Waals surface area (Å²) in [5.41, 5.74) is 1.20. The monoisotopic (exact) mass is 159 g/mol. The molecule has 0 N–H and O–H groups in total. The molecule has 1 rings (SSSR count). The minimum Gasteiger partial charge on any atom is -0.358 e. The van der Waals surface area contributed by atoms with Gasteiger partial charge in [0.2, 0.25) is 0 Å². The Morgan fingerprint density at radius 1 is 1.25 bits per heavy atom. The van der Waals surface area contributed by atoms with E-state index >= 15 is 0 Å². The van der Waals surface area contributed by atoms with E-state index < -0.39 is 0 Å². The van der Waals surface area contributed by atoms with E-state index in [0.717, 1.165) is 0 Å². The van der Waals surface area contributed by atoms with Crippen LogP contribution in [0.1, 0.15) is 5.56 Å². The summed E-state index contributed by atoms with van der Waals surface area (Å²) < 4.78 is 0. The van der Waals surface area contributed by atoms with Crippen molar-refractivity contribution < 1.29 is 0 Å². The van der Waals surface area contributed by atoms with Crippen LogP contribution in [0.3, 0.4) is 0 Å². The third kappa shape index (κ3) is 2.62. The van der Waals surface area contributed by atoms with Crippen LogP contribution in [0.15, 0.2) is 49.3 Å². The van der Waals surface area contributed by atoms with Crippen LogP contribution in [0.2, 0.25) is 0 Å². The maximum absolute atomic E-state index is 3.65. The molecule has 0 unspecified atom stereocenters. The lowest BCUT2D eigenvalue weighted by atomic mass is 10.2. The Morgan fingerprint density at radius 2 is 1.92 bits per heavy atom. The van der Waals surface area contributed by atoms with Crippen LogP contribution < -0.4 is 0 Å². The topological polar surface area (TPSA) is 3.24 Å². The van der Waals surface area contributed by atoms with Crippen LogP contribution in [0.25, 0.3) is 6.08 Å². The predicted molar refractivity (Wildman–Crippen MR) is 53.4 cm³/mol. The zero-order chi connectivity index (χ0) is 8.81. The van der Waals surface area contributed by atoms with Gasteiger partial charge >= 0.3 is 0 Å². The van der Waals surface area contributed by atoms with Crippen LogP contribution in [-0.4, -0.2) is 11.9 Å². The van der Waals surface area contributed by atoms with E-state index in [-0.39, 0.29) is 0 Å². The fourth-order valence-electron chi connectivity index (χ4n) is 0.829. The van der Waals surface area contributed by atoms with Crippen molar-refractivity contribution in [1.82, 2.24) is 4.90 Å². The number of nitrogens with zero attached hydrogens (tertiary/aromatic N) is 1. The number of hydrogen-bond acceptors (Lipinski definition) is 1. The molecule has 0 spiro atoms. The highest BCUT2D eigenvalue weighted by molar-refractivity contribution is 5.48. The molecular weight excluding hydrogens is 146 g/mol. The first kappa shape index (κ1) is 8.60. The van der Waals surface area contributed by atoms with E-state index in [4.69, 9.17) is 0 Å². The molecule has 0 fully saturated rings. The van der Waals surface area contributed by atoms with Crippen molar-refractivity contribution >= 4 is 6.08 Å². The highest BCUT2D eigenvalue weighted by atomic mass is 15.0. The Bertz CT molecular complexity index is 262. The Labute approximate surface area is 73.6 Å². The van der Waals surface area contributed by atoms with Crippen LogP contribution in [0.4, 0.5) is 0 Å². The molecule has 0 saturated carbocycles. The smallest absolute Gasteiger partial charge is 0.0106 e. The van der Waals surface area contributed by atoms with Crippen molar-refractivity contribution in [3.63, 3.8) is 0 Å². The molecule has 0 aliphatic rings. The molecular formula is C11H13N. The van der Waals surface area contributed by atoms with E-state index in [1.54, 1.807) is 6.20 Å². The second-order valence-corrected chi connectivity index (χ2v) is 2.57. The molecule has 0 aliphatic heterocycles. The summed E-state index contributed by atoms with van der Waals surface area (Å²) in [5.74, 6) is 0. The highest BCUT2D eigenvalue weighted by Crippen LogP contribution is 2.01. The van der Waals surface area contributed by atoms with Gasteiger partial charge in [-0.25, -0.2) is 0 Å². The molecule has 0 amide bonds. The number of hydrogen-bond donors (Lipinski definition) is 0. The SMILES string of the molecule is C=CN(C)/C=C\c1ccccc1. The van der Waals surface area contributed by atoms with Gasteiger partial charge in [-0.3, -0.25) is 0 Å². The standard InChI is InChI=1S/C11H13N/c1-3-12(2)10-9-11-7-5-4-6-8-11/h3-10H,1H2,2H3/b10-9-. The zero-order valence-electron chi connectivity index (χ0n) is 7.27. The second kappa shape index (κ2) is 4.39. The minimum atomic E-state index is 1.20. The highest BCUT2D eigenvalue weighted by Gasteiger charge is 1.82. The quantitative estimate of drug-likeness (QED) is 0.655. The predicted octanol–water partition coefficient (Wildman–Crippen LogP) is 2.73. The van der Waals surface area contributed by atoms with Gasteiger partial charge in [0.05, 0.1) is 0 Å². The molecule has 0 radical (unpaired) electrons. The molecule has 0 aliphatic carbocycles. The summed E-state index contributed by atoms with van der Waals surface area (Å²) in [4.78, 5) is 1.91. The minimum absolute atomic E-state index is 1.20. The molecule has 12 heavy (non-hydrogen) atoms. The molecule has 1 nitrogen and oxygen atoms in total. The number of benzene rings is 1. The molecule has 62 valence electrons. The van der Waals surface area contributed by atoms with E-state index in [1.807, 2.05) is 42.4 Å². The second-order valence-electron chi connectivity index (χ2n) is 2.57. The maximum atomic E-state index is 3.65. The van der Waals surface area contributed by atoms with Crippen molar-refractivity contribution in [2.45, 2.75) is 0 Å². The largest absolute Gasteiger partial charge is 0.358 e. The van der Waals surface area contributed by atoms with Gasteiger partial charge in [-0.05, 0) is 17.8 Å². The first-order valence-corrected chi connectivity index (χ1v) is 3.90. The van der Waals surface area contributed by atoms with E-state index in [2.05, 4.69) is 18.7 Å². The van der Waals surface area contributed by atoms with Crippen LogP contribution in [-0.2, 0) is 0 Å². The normalized spacial score (nSPS) is 10.1. The Balaban J connectivity index is 2.63. The van der Waals surface area contributed by atoms with Crippen LogP contribution in [0.5, 0.6) is 0 Å². The molecule has 1 heteroatoms. The average molecular weight is 159 g/mol. The first-order chi connectivity index (χ1) is 5.83. The fraction of sp³-hybridized carbons (Fsp3) is 0.0909. The Kier molecular flexibility index (Phi) is 3.15. The third-order valence-electron chi connectivity index (χ3n) is 1.59. The maximum Gasteiger partial charge on any atom is 0.0106 e. The summed E-state index contributed by atoms with van der Waals surface area (Å²) >= 11 is 0. The van der Waals surface area contributed by atoms with Crippen molar-refractivity contribution in [2.75, 3.05) is 7.05 Å². The lowest BCUT2D eigenvalue weighted by Gasteiger charge is -2.04. The molecule has 1 aromatic rings. The van der Waals surface area contributed by atoms with Crippen LogP contribution in [0, 0.1) is 0 Å². The van der Waals surface area contributed by atoms with E-state index in [9.17, 15) is 0 Å². The van der Waals surface area contributed by atoms with Crippen LogP contribution >= 0.6 is 0 Å². The lowest BCUT2D eigenvalue weighted by molar-refractivity contribution is 0.632. The van der Waals surface area contributed by atoms with E-state index in [0.29, 0.717) is 0 Å². The lowest BCUT2D eigenvalue weighted by Crippen LogP contribution is -1.97. The molecule has 0 aromatic heterocycles. The van der Waals surface area contributed by atoms with Gasteiger partial charge in [0, 0.05) is 13.2 Å². The van der Waals surface area contributed by atoms with E-state index in [1.165, 1.54) is 5.56 Å². The van der Waals surface area contributed by atoms with Crippen molar-refractivity contribution in [3.8, 4) is 0 Å². The van der Waals surface area contributed by atoms with Gasteiger partial charge in [-0.15, -0.1) is 0 Å². The van der Waals surface area contributed by atoms with Gasteiger partial charge in [-0.2, -0.15) is 0 Å². The van der Waals surface area contributed by atoms with Gasteiger partial charge in [0.1, 0.15) is 0 Å². The number of rotatable bonds is 3. The van der Waals surface area contributed by atoms with Gasteiger partial charge < -0.3 is 4.90 Å². The van der Waals surface area contributed by atoms with Gasteiger partial charge in [-0.1, -0.05) is 36.9 Å². The summed E-state index contributed by atoms with van der Waals surface area (Å²) in [6.07, 6.45) is 5.78. The summed E-state index contributed by atoms with van der Waals surface area (Å²) in [6, 6.07) is 10.2. The molecule has 0 bridgehead atoms. The summed E-state index contributed by atoms with van der Waals surface area (Å²) in [7, 11) is 1.95. The first-order valence-electron chi connectivity index (χ1n) is 3.90. The van der Waals surface area contributed by atoms with Crippen molar-refractivity contribution in [3.05, 3.63) is 54.9 Å². The summed E-state index contributed by atoms with van der Waals surface area (Å²) in [5, 5.41) is 0. The average Bonchev–Trinajstić information content (AvgIpc) is 2.16. The third-order valence-corrected chi connectivity index (χ3v) is 1.59. The van der Waals surface area contributed by atoms with Gasteiger partial charge in [0.25, 0.3) is 0 Å². The Morgan fingerprint density at radius 3 is 2.50 bits per heavy atom. The molecule has 1 aromatic carbocycles. The van der Waals surface area contributed by atoms with Crippen molar-refractivity contribution in [1.29, 1.82) is 0 Å². The zero-order valence-corrected chi connectivity index (χ0v) is 7.27. The summed E-state index contributed by atoms with van der Waals surface area (Å²) in [6.45, 7) is 3.65. The molecule has 0 saturated heterocycles. The molecule has 0 heterocycles. The van der Waals surface area contributed by atoms with Crippen molar-refractivity contribution in [2.24, 2.45) is 0 Å². The van der Waals surface area contributed by atoms with Gasteiger partial charge in [0.15, 0.2) is 0 Å². The molecule has 0 atom stereocenters.